The molecule has 1 saturated heterocycles. The Morgan fingerprint density at radius 2 is 1.85 bits per heavy atom. The Morgan fingerprint density at radius 3 is 2.62 bits per heavy atom. The minimum atomic E-state index is -0.0985. The fourth-order valence-electron chi connectivity index (χ4n) is 3.51. The van der Waals surface area contributed by atoms with Crippen molar-refractivity contribution in [2.24, 2.45) is 0 Å². The van der Waals surface area contributed by atoms with Crippen LogP contribution in [0.1, 0.15) is 40.9 Å². The lowest BCUT2D eigenvalue weighted by molar-refractivity contribution is 0.0947. The van der Waals surface area contributed by atoms with Crippen molar-refractivity contribution in [3.8, 4) is 0 Å². The van der Waals surface area contributed by atoms with E-state index in [1.807, 2.05) is 12.1 Å². The summed E-state index contributed by atoms with van der Waals surface area (Å²) in [5.74, 6) is -0.0985. The molecule has 1 amide bonds. The van der Waals surface area contributed by atoms with E-state index >= 15 is 0 Å². The number of aromatic nitrogens is 2. The standard InChI is InChI=1S/C21H24N4O/c26-21(20-12-18-14-22-9-8-19(18)24-20)23-13-16-4-6-17(7-5-16)15-25-10-2-1-3-11-25/h4-9,12,14,24H,1-3,10-11,13,15H2,(H,23,26). The molecule has 0 atom stereocenters. The molecule has 1 fully saturated rings. The van der Waals surface area contributed by atoms with E-state index in [1.54, 1.807) is 12.4 Å². The molecule has 1 aromatic carbocycles. The van der Waals surface area contributed by atoms with Crippen LogP contribution in [0, 0.1) is 0 Å². The minimum absolute atomic E-state index is 0.0985. The van der Waals surface area contributed by atoms with E-state index in [9.17, 15) is 4.79 Å². The Bertz CT molecular complexity index is 845. The number of benzene rings is 1. The number of rotatable bonds is 5. The summed E-state index contributed by atoms with van der Waals surface area (Å²) in [7, 11) is 0. The van der Waals surface area contributed by atoms with Crippen molar-refractivity contribution in [3.63, 3.8) is 0 Å². The molecular formula is C21H24N4O. The van der Waals surface area contributed by atoms with E-state index in [-0.39, 0.29) is 5.91 Å². The molecule has 2 aromatic heterocycles. The number of hydrogen-bond acceptors (Lipinski definition) is 3. The van der Waals surface area contributed by atoms with Crippen molar-refractivity contribution >= 4 is 16.8 Å². The average Bonchev–Trinajstić information content (AvgIpc) is 3.12. The molecule has 0 saturated carbocycles. The number of nitrogens with one attached hydrogen (secondary N) is 2. The van der Waals surface area contributed by atoms with Crippen molar-refractivity contribution in [1.82, 2.24) is 20.2 Å². The van der Waals surface area contributed by atoms with Gasteiger partial charge in [0.05, 0.1) is 0 Å². The summed E-state index contributed by atoms with van der Waals surface area (Å²) in [5.41, 5.74) is 3.94. The Labute approximate surface area is 153 Å². The summed E-state index contributed by atoms with van der Waals surface area (Å²) in [5, 5.41) is 3.92. The summed E-state index contributed by atoms with van der Waals surface area (Å²) in [6, 6.07) is 12.3. The molecule has 0 bridgehead atoms. The van der Waals surface area contributed by atoms with Crippen molar-refractivity contribution in [3.05, 3.63) is 65.6 Å². The Hall–Kier alpha value is -2.66. The number of likely N-dealkylation sites (tertiary alicyclic amines) is 1. The summed E-state index contributed by atoms with van der Waals surface area (Å²) >= 11 is 0. The lowest BCUT2D eigenvalue weighted by Gasteiger charge is -2.26. The van der Waals surface area contributed by atoms with Crippen LogP contribution in [0.15, 0.2) is 48.8 Å². The second-order valence-corrected chi connectivity index (χ2v) is 6.98. The number of hydrogen-bond donors (Lipinski definition) is 2. The van der Waals surface area contributed by atoms with E-state index < -0.39 is 0 Å². The van der Waals surface area contributed by atoms with Crippen LogP contribution in [-0.2, 0) is 13.1 Å². The highest BCUT2D eigenvalue weighted by Crippen LogP contribution is 2.15. The van der Waals surface area contributed by atoms with E-state index in [2.05, 4.69) is 44.5 Å². The van der Waals surface area contributed by atoms with Crippen molar-refractivity contribution < 1.29 is 4.79 Å². The zero-order valence-corrected chi connectivity index (χ0v) is 14.9. The fraction of sp³-hybridized carbons (Fsp3) is 0.333. The second-order valence-electron chi connectivity index (χ2n) is 6.98. The predicted octanol–water partition coefficient (Wildman–Crippen LogP) is 3.48. The molecule has 0 spiro atoms. The number of H-pyrrole nitrogens is 1. The molecule has 0 unspecified atom stereocenters. The van der Waals surface area contributed by atoms with Crippen LogP contribution in [-0.4, -0.2) is 33.9 Å². The molecule has 4 rings (SSSR count). The molecule has 2 N–H and O–H groups in total. The molecule has 26 heavy (non-hydrogen) atoms. The third kappa shape index (κ3) is 3.94. The maximum absolute atomic E-state index is 12.3. The molecule has 5 heteroatoms. The van der Waals surface area contributed by atoms with E-state index in [1.165, 1.54) is 37.9 Å². The van der Waals surface area contributed by atoms with Gasteiger partial charge in [0.1, 0.15) is 5.69 Å². The van der Waals surface area contributed by atoms with Crippen LogP contribution in [0.4, 0.5) is 0 Å². The van der Waals surface area contributed by atoms with Crippen LogP contribution in [0.3, 0.4) is 0 Å². The minimum Gasteiger partial charge on any atom is -0.350 e. The SMILES string of the molecule is O=C(NCc1ccc(CN2CCCCC2)cc1)c1cc2cnccc2[nH]1. The number of pyridine rings is 1. The van der Waals surface area contributed by atoms with Crippen molar-refractivity contribution in [1.29, 1.82) is 0 Å². The maximum Gasteiger partial charge on any atom is 0.267 e. The van der Waals surface area contributed by atoms with Crippen LogP contribution < -0.4 is 5.32 Å². The number of nitrogens with zero attached hydrogens (tertiary/aromatic N) is 2. The zero-order chi connectivity index (χ0) is 17.8. The van der Waals surface area contributed by atoms with Crippen LogP contribution >= 0.6 is 0 Å². The summed E-state index contributed by atoms with van der Waals surface area (Å²) in [4.78, 5) is 22.1. The number of amides is 1. The van der Waals surface area contributed by atoms with Gasteiger partial charge in [-0.25, -0.2) is 0 Å². The van der Waals surface area contributed by atoms with Gasteiger partial charge in [0.2, 0.25) is 0 Å². The third-order valence-corrected chi connectivity index (χ3v) is 5.00. The monoisotopic (exact) mass is 348 g/mol. The summed E-state index contributed by atoms with van der Waals surface area (Å²) in [6.07, 6.45) is 7.46. The molecule has 3 heterocycles. The fourth-order valence-corrected chi connectivity index (χ4v) is 3.51. The largest absolute Gasteiger partial charge is 0.350 e. The van der Waals surface area contributed by atoms with E-state index in [0.29, 0.717) is 12.2 Å². The number of piperidine rings is 1. The van der Waals surface area contributed by atoms with Gasteiger partial charge in [-0.1, -0.05) is 30.7 Å². The van der Waals surface area contributed by atoms with Gasteiger partial charge in [-0.3, -0.25) is 14.7 Å². The highest BCUT2D eigenvalue weighted by molar-refractivity contribution is 5.97. The highest BCUT2D eigenvalue weighted by Gasteiger charge is 2.11. The second kappa shape index (κ2) is 7.70. The Balaban J connectivity index is 1.33. The molecular weight excluding hydrogens is 324 g/mol. The van der Waals surface area contributed by atoms with Crippen molar-refractivity contribution in [2.75, 3.05) is 13.1 Å². The number of fused-ring (bicyclic) bond motifs is 1. The molecule has 1 aliphatic rings. The number of carbonyl (C=O) groups is 1. The molecule has 5 nitrogen and oxygen atoms in total. The van der Waals surface area contributed by atoms with Gasteiger partial charge in [-0.05, 0) is 49.2 Å². The smallest absolute Gasteiger partial charge is 0.267 e. The zero-order valence-electron chi connectivity index (χ0n) is 14.9. The van der Waals surface area contributed by atoms with Gasteiger partial charge in [0.25, 0.3) is 5.91 Å². The predicted molar refractivity (Wildman–Crippen MR) is 103 cm³/mol. The molecule has 0 radical (unpaired) electrons. The lowest BCUT2D eigenvalue weighted by Crippen LogP contribution is -2.29. The van der Waals surface area contributed by atoms with Gasteiger partial charge >= 0.3 is 0 Å². The molecule has 0 aliphatic carbocycles. The quantitative estimate of drug-likeness (QED) is 0.742. The maximum atomic E-state index is 12.3. The normalized spacial score (nSPS) is 15.2. The first-order valence-electron chi connectivity index (χ1n) is 9.29. The van der Waals surface area contributed by atoms with E-state index in [0.717, 1.165) is 23.0 Å². The van der Waals surface area contributed by atoms with Crippen LogP contribution in [0.2, 0.25) is 0 Å². The lowest BCUT2D eigenvalue weighted by atomic mass is 10.1. The Kier molecular flexibility index (Phi) is 4.97. The van der Waals surface area contributed by atoms with Gasteiger partial charge in [0, 0.05) is 36.4 Å². The highest BCUT2D eigenvalue weighted by atomic mass is 16.1. The first-order valence-corrected chi connectivity index (χ1v) is 9.29. The van der Waals surface area contributed by atoms with Gasteiger partial charge in [-0.15, -0.1) is 0 Å². The first-order chi connectivity index (χ1) is 12.8. The van der Waals surface area contributed by atoms with Crippen LogP contribution in [0.5, 0.6) is 0 Å². The molecule has 1 aliphatic heterocycles. The molecule has 3 aromatic rings. The topological polar surface area (TPSA) is 61.0 Å². The number of aromatic amines is 1. The number of carbonyl (C=O) groups excluding carboxylic acids is 1. The van der Waals surface area contributed by atoms with Gasteiger partial charge < -0.3 is 10.3 Å². The molecule has 134 valence electrons. The summed E-state index contributed by atoms with van der Waals surface area (Å²) in [6.45, 7) is 3.96. The summed E-state index contributed by atoms with van der Waals surface area (Å²) < 4.78 is 0. The third-order valence-electron chi connectivity index (χ3n) is 5.00. The Morgan fingerprint density at radius 1 is 1.08 bits per heavy atom. The first kappa shape index (κ1) is 16.8. The van der Waals surface area contributed by atoms with Gasteiger partial charge in [0.15, 0.2) is 0 Å². The van der Waals surface area contributed by atoms with E-state index in [4.69, 9.17) is 0 Å². The average molecular weight is 348 g/mol. The van der Waals surface area contributed by atoms with Crippen LogP contribution in [0.25, 0.3) is 10.9 Å². The van der Waals surface area contributed by atoms with Crippen molar-refractivity contribution in [2.45, 2.75) is 32.4 Å². The van der Waals surface area contributed by atoms with Gasteiger partial charge in [-0.2, -0.15) is 0 Å².